The second-order valence-corrected chi connectivity index (χ2v) is 12.7. The van der Waals surface area contributed by atoms with Crippen molar-refractivity contribution in [2.75, 3.05) is 13.7 Å². The van der Waals surface area contributed by atoms with Crippen LogP contribution in [0.15, 0.2) is 0 Å². The van der Waals surface area contributed by atoms with E-state index in [2.05, 4.69) is 46.6 Å². The highest BCUT2D eigenvalue weighted by Gasteiger charge is 2.44. The highest BCUT2D eigenvalue weighted by molar-refractivity contribution is 5.77. The molecule has 1 rings (SSSR count). The van der Waals surface area contributed by atoms with E-state index in [0.29, 0.717) is 6.61 Å². The molecule has 0 N–H and O–H groups in total. The molecule has 0 radical (unpaired) electrons. The number of carbonyl (C=O) groups excluding carboxylic acids is 2. The molecular weight excluding hydrogens is 462 g/mol. The van der Waals surface area contributed by atoms with Crippen molar-refractivity contribution in [2.45, 2.75) is 180 Å². The summed E-state index contributed by atoms with van der Waals surface area (Å²) >= 11 is 0. The van der Waals surface area contributed by atoms with Gasteiger partial charge < -0.3 is 9.47 Å². The van der Waals surface area contributed by atoms with Crippen molar-refractivity contribution in [3.05, 3.63) is 0 Å². The molecule has 1 aliphatic rings. The molecule has 5 heteroatoms. The normalized spacial score (nSPS) is 17.6. The Morgan fingerprint density at radius 2 is 1.03 bits per heavy atom. The first kappa shape index (κ1) is 33.9. The number of carbonyl (C=O) groups is 2. The Hall–Kier alpha value is -1.10. The lowest BCUT2D eigenvalue weighted by Gasteiger charge is -2.53. The second-order valence-electron chi connectivity index (χ2n) is 12.7. The van der Waals surface area contributed by atoms with E-state index in [0.717, 1.165) is 25.7 Å². The molecule has 0 amide bonds. The van der Waals surface area contributed by atoms with Crippen molar-refractivity contribution in [2.24, 2.45) is 0 Å². The molecule has 0 aromatic rings. The van der Waals surface area contributed by atoms with Gasteiger partial charge in [0.1, 0.15) is 6.10 Å². The van der Waals surface area contributed by atoms with E-state index in [1.807, 2.05) is 0 Å². The largest absolute Gasteiger partial charge is 0.466 e. The van der Waals surface area contributed by atoms with E-state index >= 15 is 0 Å². The fraction of sp³-hybridized carbons (Fsp3) is 0.938. The monoisotopic (exact) mass is 523 g/mol. The highest BCUT2D eigenvalue weighted by Crippen LogP contribution is 2.38. The number of rotatable bonds is 21. The number of likely N-dealkylation sites (tertiary alicyclic amines) is 1. The van der Waals surface area contributed by atoms with Crippen LogP contribution in [0.2, 0.25) is 0 Å². The Bertz CT molecular complexity index is 598. The second kappa shape index (κ2) is 19.0. The molecule has 0 unspecified atom stereocenters. The lowest BCUT2D eigenvalue weighted by molar-refractivity contribution is -0.161. The molecule has 0 aromatic heterocycles. The average Bonchev–Trinajstić information content (AvgIpc) is 2.82. The lowest BCUT2D eigenvalue weighted by Crippen LogP contribution is -2.60. The molecule has 37 heavy (non-hydrogen) atoms. The van der Waals surface area contributed by atoms with Gasteiger partial charge in [0.2, 0.25) is 0 Å². The van der Waals surface area contributed by atoms with Gasteiger partial charge in [0.25, 0.3) is 0 Å². The molecule has 218 valence electrons. The molecule has 0 aromatic carbocycles. The minimum absolute atomic E-state index is 0.0292. The number of nitrogens with zero attached hydrogens (tertiary/aromatic N) is 1. The van der Waals surface area contributed by atoms with Crippen LogP contribution in [-0.4, -0.2) is 47.7 Å². The van der Waals surface area contributed by atoms with Gasteiger partial charge in [-0.2, -0.15) is 0 Å². The molecular formula is C32H61NO4. The van der Waals surface area contributed by atoms with Gasteiger partial charge in [-0.05, 0) is 41.2 Å². The molecule has 0 bridgehead atoms. The minimum Gasteiger partial charge on any atom is -0.466 e. The first-order valence-corrected chi connectivity index (χ1v) is 15.7. The summed E-state index contributed by atoms with van der Waals surface area (Å²) in [5.41, 5.74) is -0.0584. The third-order valence-electron chi connectivity index (χ3n) is 8.36. The van der Waals surface area contributed by atoms with Gasteiger partial charge in [0.05, 0.1) is 19.4 Å². The van der Waals surface area contributed by atoms with Gasteiger partial charge in [0, 0.05) is 23.9 Å². The van der Waals surface area contributed by atoms with Crippen molar-refractivity contribution in [3.8, 4) is 0 Å². The maximum atomic E-state index is 12.3. The molecule has 5 nitrogen and oxygen atoms in total. The van der Waals surface area contributed by atoms with Crippen LogP contribution in [-0.2, 0) is 19.1 Å². The van der Waals surface area contributed by atoms with Crippen LogP contribution in [0.4, 0.5) is 0 Å². The van der Waals surface area contributed by atoms with Gasteiger partial charge >= 0.3 is 11.9 Å². The number of esters is 2. The number of piperidine rings is 1. The summed E-state index contributed by atoms with van der Waals surface area (Å²) in [7, 11) is 2.13. The molecule has 0 aliphatic carbocycles. The summed E-state index contributed by atoms with van der Waals surface area (Å²) in [5.74, 6) is -0.581. The molecule has 1 saturated heterocycles. The first-order valence-electron chi connectivity index (χ1n) is 15.7. The highest BCUT2D eigenvalue weighted by atomic mass is 16.5. The number of unbranched alkanes of at least 4 members (excludes halogenated alkanes) is 15. The van der Waals surface area contributed by atoms with Gasteiger partial charge in [-0.25, -0.2) is 0 Å². The van der Waals surface area contributed by atoms with Crippen LogP contribution in [0.3, 0.4) is 0 Å². The summed E-state index contributed by atoms with van der Waals surface area (Å²) in [5, 5.41) is 0. The Labute approximate surface area is 229 Å². The fourth-order valence-corrected chi connectivity index (χ4v) is 5.72. The zero-order chi connectivity index (χ0) is 27.6. The van der Waals surface area contributed by atoms with Gasteiger partial charge in [-0.15, -0.1) is 0 Å². The number of hydrogen-bond acceptors (Lipinski definition) is 5. The summed E-state index contributed by atoms with van der Waals surface area (Å²) in [6, 6.07) is 0. The minimum atomic E-state index is -0.291. The summed E-state index contributed by atoms with van der Waals surface area (Å²) in [6.07, 6.45) is 23.0. The average molecular weight is 524 g/mol. The van der Waals surface area contributed by atoms with E-state index in [9.17, 15) is 9.59 Å². The zero-order valence-corrected chi connectivity index (χ0v) is 25.5. The predicted molar refractivity (Wildman–Crippen MR) is 155 cm³/mol. The molecule has 1 fully saturated rings. The van der Waals surface area contributed by atoms with Crippen molar-refractivity contribution < 1.29 is 19.1 Å². The van der Waals surface area contributed by atoms with E-state index in [4.69, 9.17) is 9.47 Å². The Morgan fingerprint density at radius 3 is 1.46 bits per heavy atom. The first-order chi connectivity index (χ1) is 17.6. The maximum absolute atomic E-state index is 12.3. The van der Waals surface area contributed by atoms with Crippen molar-refractivity contribution in [1.29, 1.82) is 0 Å². The summed E-state index contributed by atoms with van der Waals surface area (Å²) in [6.45, 7) is 11.5. The van der Waals surface area contributed by atoms with Crippen LogP contribution in [0.1, 0.15) is 163 Å². The van der Waals surface area contributed by atoms with Crippen LogP contribution in [0, 0.1) is 0 Å². The Morgan fingerprint density at radius 1 is 0.649 bits per heavy atom. The maximum Gasteiger partial charge on any atom is 0.306 e. The van der Waals surface area contributed by atoms with Gasteiger partial charge in [-0.3, -0.25) is 14.5 Å². The third-order valence-corrected chi connectivity index (χ3v) is 8.36. The predicted octanol–water partition coefficient (Wildman–Crippen LogP) is 8.77. The molecule has 1 heterocycles. The third kappa shape index (κ3) is 15.8. The Kier molecular flexibility index (Phi) is 17.5. The molecule has 1 aliphatic heterocycles. The topological polar surface area (TPSA) is 55.8 Å². The van der Waals surface area contributed by atoms with Crippen molar-refractivity contribution >= 4 is 11.9 Å². The quantitative estimate of drug-likeness (QED) is 0.111. The van der Waals surface area contributed by atoms with Gasteiger partial charge in [0.15, 0.2) is 0 Å². The molecule has 0 atom stereocenters. The SMILES string of the molecule is CCCCCCCCCCCCCCCCCCOC(=O)CCC(=O)OC1CC(C)(C)N(C)C(C)(C)C1. The fourth-order valence-electron chi connectivity index (χ4n) is 5.72. The zero-order valence-electron chi connectivity index (χ0n) is 25.5. The molecule has 0 spiro atoms. The summed E-state index contributed by atoms with van der Waals surface area (Å²) in [4.78, 5) is 26.7. The lowest BCUT2D eigenvalue weighted by atomic mass is 9.79. The number of ether oxygens (including phenoxy) is 2. The van der Waals surface area contributed by atoms with Crippen molar-refractivity contribution in [1.82, 2.24) is 4.90 Å². The van der Waals surface area contributed by atoms with E-state index in [1.54, 1.807) is 0 Å². The van der Waals surface area contributed by atoms with Crippen LogP contribution in [0.5, 0.6) is 0 Å². The Balaban J connectivity index is 1.93. The van der Waals surface area contributed by atoms with E-state index in [1.165, 1.54) is 89.9 Å². The summed E-state index contributed by atoms with van der Waals surface area (Å²) < 4.78 is 11.1. The van der Waals surface area contributed by atoms with Crippen LogP contribution >= 0.6 is 0 Å². The van der Waals surface area contributed by atoms with Crippen molar-refractivity contribution in [3.63, 3.8) is 0 Å². The smallest absolute Gasteiger partial charge is 0.306 e. The molecule has 0 saturated carbocycles. The van der Waals surface area contributed by atoms with E-state index in [-0.39, 0.29) is 42.0 Å². The number of hydrogen-bond donors (Lipinski definition) is 0. The van der Waals surface area contributed by atoms with Gasteiger partial charge in [-0.1, -0.05) is 103 Å². The van der Waals surface area contributed by atoms with E-state index < -0.39 is 0 Å². The standard InChI is InChI=1S/C32H61NO4/c1-7-8-9-10-11-12-13-14-15-16-17-18-19-20-21-22-25-36-29(34)23-24-30(35)37-28-26-31(2,3)33(6)32(4,5)27-28/h28H,7-27H2,1-6H3. The van der Waals surface area contributed by atoms with Crippen LogP contribution in [0.25, 0.3) is 0 Å². The van der Waals surface area contributed by atoms with Crippen LogP contribution < -0.4 is 0 Å².